The predicted octanol–water partition coefficient (Wildman–Crippen LogP) is 3.76. The van der Waals surface area contributed by atoms with Crippen LogP contribution in [-0.2, 0) is 6.42 Å². The number of aliphatic imine (C=N–C) groups is 1. The molecule has 0 amide bonds. The third-order valence-electron chi connectivity index (χ3n) is 3.92. The molecule has 5 heteroatoms. The Labute approximate surface area is 158 Å². The molecular formula is C21H21N3OS. The van der Waals surface area contributed by atoms with Gasteiger partial charge in [0, 0.05) is 18.7 Å². The van der Waals surface area contributed by atoms with Crippen LogP contribution in [0.5, 0.6) is 0 Å². The maximum Gasteiger partial charge on any atom is 0.194 e. The second kappa shape index (κ2) is 9.08. The van der Waals surface area contributed by atoms with Gasteiger partial charge in [-0.3, -0.25) is 0 Å². The molecule has 0 fully saturated rings. The third kappa shape index (κ3) is 4.88. The number of hydrogen-bond donors (Lipinski definition) is 3. The SMILES string of the molecule is OCCNC(=S)/N=C(\Cc1cccc2ccccc12)Nc1ccccc1. The first-order valence-corrected chi connectivity index (χ1v) is 8.92. The molecule has 0 radical (unpaired) electrons. The van der Waals surface area contributed by atoms with Crippen molar-refractivity contribution in [1.29, 1.82) is 0 Å². The molecule has 0 aliphatic heterocycles. The summed E-state index contributed by atoms with van der Waals surface area (Å²) < 4.78 is 0. The van der Waals surface area contributed by atoms with E-state index in [1.54, 1.807) is 0 Å². The van der Waals surface area contributed by atoms with Gasteiger partial charge in [-0.25, -0.2) is 4.99 Å². The average Bonchev–Trinajstić information content (AvgIpc) is 2.67. The lowest BCUT2D eigenvalue weighted by Gasteiger charge is -2.13. The summed E-state index contributed by atoms with van der Waals surface area (Å²) in [6.45, 7) is 0.398. The summed E-state index contributed by atoms with van der Waals surface area (Å²) in [4.78, 5) is 4.53. The van der Waals surface area contributed by atoms with Gasteiger partial charge < -0.3 is 15.7 Å². The van der Waals surface area contributed by atoms with Gasteiger partial charge in [0.15, 0.2) is 5.11 Å². The quantitative estimate of drug-likeness (QED) is 0.367. The zero-order chi connectivity index (χ0) is 18.2. The molecule has 0 spiro atoms. The van der Waals surface area contributed by atoms with Crippen molar-refractivity contribution in [2.24, 2.45) is 4.99 Å². The van der Waals surface area contributed by atoms with Crippen molar-refractivity contribution in [3.63, 3.8) is 0 Å². The van der Waals surface area contributed by atoms with E-state index in [1.807, 2.05) is 42.5 Å². The van der Waals surface area contributed by atoms with E-state index >= 15 is 0 Å². The van der Waals surface area contributed by atoms with Crippen molar-refractivity contribution in [1.82, 2.24) is 5.32 Å². The Bertz CT molecular complexity index is 904. The van der Waals surface area contributed by atoms with E-state index in [1.165, 1.54) is 16.3 Å². The van der Waals surface area contributed by atoms with Gasteiger partial charge in [-0.15, -0.1) is 0 Å². The Kier molecular flexibility index (Phi) is 6.30. The highest BCUT2D eigenvalue weighted by Gasteiger charge is 2.07. The fraction of sp³-hybridized carbons (Fsp3) is 0.143. The number of rotatable bonds is 5. The minimum atomic E-state index is 0.0143. The largest absolute Gasteiger partial charge is 0.395 e. The second-order valence-electron chi connectivity index (χ2n) is 5.82. The topological polar surface area (TPSA) is 56.6 Å². The molecule has 3 aromatic rings. The molecule has 0 heterocycles. The molecule has 0 bridgehead atoms. The van der Waals surface area contributed by atoms with E-state index in [0.29, 0.717) is 18.1 Å². The van der Waals surface area contributed by atoms with Crippen LogP contribution in [0.3, 0.4) is 0 Å². The average molecular weight is 363 g/mol. The Morgan fingerprint density at radius 3 is 2.46 bits per heavy atom. The number of aliphatic hydroxyl groups is 1. The van der Waals surface area contributed by atoms with Gasteiger partial charge in [-0.2, -0.15) is 0 Å². The molecule has 26 heavy (non-hydrogen) atoms. The fourth-order valence-corrected chi connectivity index (χ4v) is 2.96. The Morgan fingerprint density at radius 1 is 0.923 bits per heavy atom. The molecule has 3 aromatic carbocycles. The number of nitrogens with one attached hydrogen (secondary N) is 2. The second-order valence-corrected chi connectivity index (χ2v) is 6.21. The molecule has 0 atom stereocenters. The van der Waals surface area contributed by atoms with Crippen LogP contribution in [0.4, 0.5) is 5.69 Å². The van der Waals surface area contributed by atoms with Crippen LogP contribution in [0.1, 0.15) is 5.56 Å². The normalized spacial score (nSPS) is 11.3. The van der Waals surface area contributed by atoms with E-state index in [-0.39, 0.29) is 6.61 Å². The minimum absolute atomic E-state index is 0.0143. The summed E-state index contributed by atoms with van der Waals surface area (Å²) in [6.07, 6.45) is 0.622. The molecule has 0 aliphatic rings. The maximum absolute atomic E-state index is 8.95. The van der Waals surface area contributed by atoms with E-state index in [0.717, 1.165) is 11.5 Å². The first kappa shape index (κ1) is 18.0. The number of amidine groups is 1. The lowest BCUT2D eigenvalue weighted by Crippen LogP contribution is -2.26. The van der Waals surface area contributed by atoms with E-state index in [2.05, 4.69) is 46.0 Å². The first-order chi connectivity index (χ1) is 12.8. The van der Waals surface area contributed by atoms with Crippen molar-refractivity contribution in [3.8, 4) is 0 Å². The van der Waals surface area contributed by atoms with Crippen LogP contribution in [0, 0.1) is 0 Å². The molecule has 3 N–H and O–H groups in total. The molecule has 0 aliphatic carbocycles. The summed E-state index contributed by atoms with van der Waals surface area (Å²) in [5, 5.41) is 18.0. The zero-order valence-electron chi connectivity index (χ0n) is 14.4. The highest BCUT2D eigenvalue weighted by atomic mass is 32.1. The summed E-state index contributed by atoms with van der Waals surface area (Å²) in [5.41, 5.74) is 2.13. The molecule has 0 saturated heterocycles. The standard InChI is InChI=1S/C21H21N3OS/c25-14-13-22-21(26)24-20(23-18-10-2-1-3-11-18)15-17-9-6-8-16-7-4-5-12-19(16)17/h1-12,25H,13-15H2,(H2,22,23,24,26). The van der Waals surface area contributed by atoms with Crippen molar-refractivity contribution in [2.45, 2.75) is 6.42 Å². The van der Waals surface area contributed by atoms with Gasteiger partial charge in [-0.05, 0) is 40.7 Å². The lowest BCUT2D eigenvalue weighted by atomic mass is 10.0. The summed E-state index contributed by atoms with van der Waals surface area (Å²) >= 11 is 5.27. The molecule has 0 saturated carbocycles. The van der Waals surface area contributed by atoms with Crippen molar-refractivity contribution in [2.75, 3.05) is 18.5 Å². The Morgan fingerprint density at radius 2 is 1.65 bits per heavy atom. The van der Waals surface area contributed by atoms with Gasteiger partial charge in [0.25, 0.3) is 0 Å². The monoisotopic (exact) mass is 363 g/mol. The number of benzene rings is 3. The summed E-state index contributed by atoms with van der Waals surface area (Å²) in [6, 6.07) is 24.5. The predicted molar refractivity (Wildman–Crippen MR) is 113 cm³/mol. The number of para-hydroxylation sites is 1. The van der Waals surface area contributed by atoms with Crippen LogP contribution < -0.4 is 10.6 Å². The first-order valence-electron chi connectivity index (χ1n) is 8.51. The van der Waals surface area contributed by atoms with Crippen molar-refractivity contribution >= 4 is 39.6 Å². The Balaban J connectivity index is 1.89. The lowest BCUT2D eigenvalue weighted by molar-refractivity contribution is 0.300. The fourth-order valence-electron chi connectivity index (χ4n) is 2.75. The van der Waals surface area contributed by atoms with Crippen molar-refractivity contribution < 1.29 is 5.11 Å². The number of anilines is 1. The van der Waals surface area contributed by atoms with Gasteiger partial charge in [0.1, 0.15) is 5.84 Å². The summed E-state index contributed by atoms with van der Waals surface area (Å²) in [5.74, 6) is 0.753. The molecular weight excluding hydrogens is 342 g/mol. The number of nitrogens with zero attached hydrogens (tertiary/aromatic N) is 1. The van der Waals surface area contributed by atoms with E-state index in [4.69, 9.17) is 17.3 Å². The molecule has 0 aromatic heterocycles. The van der Waals surface area contributed by atoms with Gasteiger partial charge in [0.2, 0.25) is 0 Å². The molecule has 4 nitrogen and oxygen atoms in total. The van der Waals surface area contributed by atoms with Crippen LogP contribution in [0.25, 0.3) is 10.8 Å². The van der Waals surface area contributed by atoms with E-state index in [9.17, 15) is 0 Å². The van der Waals surface area contributed by atoms with Gasteiger partial charge in [0.05, 0.1) is 6.61 Å². The van der Waals surface area contributed by atoms with Gasteiger partial charge >= 0.3 is 0 Å². The Hall–Kier alpha value is -2.76. The summed E-state index contributed by atoms with van der Waals surface area (Å²) in [7, 11) is 0. The van der Waals surface area contributed by atoms with Crippen LogP contribution >= 0.6 is 12.2 Å². The molecule has 132 valence electrons. The third-order valence-corrected chi connectivity index (χ3v) is 4.16. The molecule has 3 rings (SSSR count). The highest BCUT2D eigenvalue weighted by Crippen LogP contribution is 2.19. The molecule has 0 unspecified atom stereocenters. The maximum atomic E-state index is 8.95. The van der Waals surface area contributed by atoms with Crippen molar-refractivity contribution in [3.05, 3.63) is 78.4 Å². The highest BCUT2D eigenvalue weighted by molar-refractivity contribution is 7.80. The van der Waals surface area contributed by atoms with Crippen LogP contribution in [-0.4, -0.2) is 29.2 Å². The van der Waals surface area contributed by atoms with E-state index < -0.39 is 0 Å². The number of hydrogen-bond acceptors (Lipinski definition) is 2. The number of fused-ring (bicyclic) bond motifs is 1. The van der Waals surface area contributed by atoms with Gasteiger partial charge in [-0.1, -0.05) is 60.7 Å². The number of aliphatic hydroxyl groups excluding tert-OH is 1. The van der Waals surface area contributed by atoms with Crippen LogP contribution in [0.2, 0.25) is 0 Å². The minimum Gasteiger partial charge on any atom is -0.395 e. The zero-order valence-corrected chi connectivity index (χ0v) is 15.2. The smallest absolute Gasteiger partial charge is 0.194 e. The van der Waals surface area contributed by atoms with Crippen LogP contribution in [0.15, 0.2) is 77.8 Å². The number of thiocarbonyl (C=S) groups is 1.